The molecule has 1 amide bonds. The minimum atomic E-state index is -0.201. The first-order valence-corrected chi connectivity index (χ1v) is 9.00. The average Bonchev–Trinajstić information content (AvgIpc) is 3.25. The van der Waals surface area contributed by atoms with Crippen molar-refractivity contribution >= 4 is 16.7 Å². The van der Waals surface area contributed by atoms with Crippen LogP contribution in [0.2, 0.25) is 0 Å². The quantitative estimate of drug-likeness (QED) is 0.539. The molecule has 3 aromatic carbocycles. The van der Waals surface area contributed by atoms with E-state index < -0.39 is 0 Å². The van der Waals surface area contributed by atoms with Crippen LogP contribution in [-0.2, 0) is 6.54 Å². The first-order chi connectivity index (χ1) is 14.2. The first-order valence-electron chi connectivity index (χ1n) is 9.00. The van der Waals surface area contributed by atoms with E-state index in [1.54, 1.807) is 32.4 Å². The number of hydrogen-bond acceptors (Lipinski definition) is 6. The summed E-state index contributed by atoms with van der Waals surface area (Å²) < 4.78 is 15.8. The summed E-state index contributed by atoms with van der Waals surface area (Å²) in [5.41, 5.74) is 1.32. The number of rotatable bonds is 6. The Morgan fingerprint density at radius 1 is 1.00 bits per heavy atom. The molecule has 1 N–H and O–H groups in total. The van der Waals surface area contributed by atoms with E-state index in [1.807, 2.05) is 42.5 Å². The maximum absolute atomic E-state index is 12.6. The van der Waals surface area contributed by atoms with Crippen LogP contribution in [0, 0.1) is 0 Å². The van der Waals surface area contributed by atoms with Crippen molar-refractivity contribution < 1.29 is 18.8 Å². The Morgan fingerprint density at radius 3 is 2.62 bits per heavy atom. The highest BCUT2D eigenvalue weighted by Gasteiger charge is 2.14. The molecule has 0 aliphatic heterocycles. The molecule has 0 bridgehead atoms. The highest BCUT2D eigenvalue weighted by atomic mass is 16.5. The molecule has 1 heterocycles. The summed E-state index contributed by atoms with van der Waals surface area (Å²) in [6, 6.07) is 18.7. The molecule has 0 radical (unpaired) electrons. The van der Waals surface area contributed by atoms with Crippen LogP contribution in [0.25, 0.3) is 22.2 Å². The zero-order valence-electron chi connectivity index (χ0n) is 16.0. The molecule has 0 atom stereocenters. The SMILES string of the molecule is COc1ccc(-c2noc(CNC(=O)c3cccc4ccccc34)n2)cc1OC. The van der Waals surface area contributed by atoms with Gasteiger partial charge in [0.2, 0.25) is 11.7 Å². The lowest BCUT2D eigenvalue weighted by Crippen LogP contribution is -2.23. The van der Waals surface area contributed by atoms with E-state index in [4.69, 9.17) is 14.0 Å². The van der Waals surface area contributed by atoms with Crippen molar-refractivity contribution in [3.63, 3.8) is 0 Å². The first kappa shape index (κ1) is 18.5. The zero-order valence-corrected chi connectivity index (χ0v) is 16.0. The molecule has 0 spiro atoms. The molecule has 4 rings (SSSR count). The molecular formula is C22H19N3O4. The van der Waals surface area contributed by atoms with E-state index in [-0.39, 0.29) is 12.5 Å². The van der Waals surface area contributed by atoms with Crippen molar-refractivity contribution in [1.82, 2.24) is 15.5 Å². The number of nitrogens with zero attached hydrogens (tertiary/aromatic N) is 2. The Labute approximate surface area is 167 Å². The number of methoxy groups -OCH3 is 2. The van der Waals surface area contributed by atoms with Gasteiger partial charge in [-0.2, -0.15) is 4.98 Å². The smallest absolute Gasteiger partial charge is 0.252 e. The molecule has 4 aromatic rings. The second-order valence-electron chi connectivity index (χ2n) is 6.29. The third-order valence-electron chi connectivity index (χ3n) is 4.54. The highest BCUT2D eigenvalue weighted by Crippen LogP contribution is 2.31. The predicted octanol–water partition coefficient (Wildman–Crippen LogP) is 3.84. The summed E-state index contributed by atoms with van der Waals surface area (Å²) in [6.07, 6.45) is 0. The Bertz CT molecular complexity index is 1160. The summed E-state index contributed by atoms with van der Waals surface area (Å²) in [5, 5.41) is 8.72. The van der Waals surface area contributed by atoms with Gasteiger partial charge in [-0.1, -0.05) is 41.6 Å². The van der Waals surface area contributed by atoms with Crippen molar-refractivity contribution in [3.8, 4) is 22.9 Å². The summed E-state index contributed by atoms with van der Waals surface area (Å²) >= 11 is 0. The van der Waals surface area contributed by atoms with Crippen LogP contribution in [0.4, 0.5) is 0 Å². The number of amides is 1. The lowest BCUT2D eigenvalue weighted by Gasteiger charge is -2.07. The van der Waals surface area contributed by atoms with Gasteiger partial charge in [-0.25, -0.2) is 0 Å². The largest absolute Gasteiger partial charge is 0.493 e. The van der Waals surface area contributed by atoms with Crippen molar-refractivity contribution in [1.29, 1.82) is 0 Å². The average molecular weight is 389 g/mol. The number of carbonyl (C=O) groups is 1. The van der Waals surface area contributed by atoms with Crippen LogP contribution in [-0.4, -0.2) is 30.3 Å². The molecule has 0 aliphatic rings. The maximum Gasteiger partial charge on any atom is 0.252 e. The van der Waals surface area contributed by atoms with Crippen molar-refractivity contribution in [2.45, 2.75) is 6.54 Å². The fourth-order valence-corrected chi connectivity index (χ4v) is 3.09. The van der Waals surface area contributed by atoms with E-state index in [2.05, 4.69) is 15.5 Å². The van der Waals surface area contributed by atoms with E-state index in [9.17, 15) is 4.79 Å². The van der Waals surface area contributed by atoms with Crippen LogP contribution < -0.4 is 14.8 Å². The maximum atomic E-state index is 12.6. The Morgan fingerprint density at radius 2 is 1.79 bits per heavy atom. The van der Waals surface area contributed by atoms with E-state index in [0.717, 1.165) is 16.3 Å². The second kappa shape index (κ2) is 8.02. The number of fused-ring (bicyclic) bond motifs is 1. The summed E-state index contributed by atoms with van der Waals surface area (Å²) in [6.45, 7) is 0.127. The second-order valence-corrected chi connectivity index (χ2v) is 6.29. The molecule has 0 unspecified atom stereocenters. The Kier molecular flexibility index (Phi) is 5.11. The van der Waals surface area contributed by atoms with Gasteiger partial charge in [0.15, 0.2) is 11.5 Å². The Balaban J connectivity index is 1.49. The molecule has 0 saturated carbocycles. The standard InChI is InChI=1S/C22H19N3O4/c1-27-18-11-10-15(12-19(18)28-2)21-24-20(29-25-21)13-23-22(26)17-9-5-7-14-6-3-4-8-16(14)17/h3-12H,13H2,1-2H3,(H,23,26). The number of ether oxygens (including phenoxy) is 2. The number of aromatic nitrogens is 2. The van der Waals surface area contributed by atoms with Crippen LogP contribution in [0.15, 0.2) is 65.2 Å². The summed E-state index contributed by atoms with van der Waals surface area (Å²) in [4.78, 5) is 17.0. The third-order valence-corrected chi connectivity index (χ3v) is 4.54. The minimum absolute atomic E-state index is 0.127. The lowest BCUT2D eigenvalue weighted by atomic mass is 10.0. The van der Waals surface area contributed by atoms with E-state index in [1.165, 1.54) is 0 Å². The van der Waals surface area contributed by atoms with Crippen molar-refractivity contribution in [2.24, 2.45) is 0 Å². The number of benzene rings is 3. The van der Waals surface area contributed by atoms with Gasteiger partial charge in [0.25, 0.3) is 5.91 Å². The van der Waals surface area contributed by atoms with Crippen molar-refractivity contribution in [3.05, 3.63) is 72.1 Å². The molecule has 0 saturated heterocycles. The van der Waals surface area contributed by atoms with E-state index in [0.29, 0.717) is 28.8 Å². The van der Waals surface area contributed by atoms with Gasteiger partial charge in [0, 0.05) is 11.1 Å². The third kappa shape index (κ3) is 3.75. The molecule has 1 aromatic heterocycles. The minimum Gasteiger partial charge on any atom is -0.493 e. The van der Waals surface area contributed by atoms with Crippen LogP contribution in [0.5, 0.6) is 11.5 Å². The van der Waals surface area contributed by atoms with Gasteiger partial charge in [0.05, 0.1) is 20.8 Å². The summed E-state index contributed by atoms with van der Waals surface area (Å²) in [7, 11) is 3.13. The van der Waals surface area contributed by atoms with Gasteiger partial charge in [-0.05, 0) is 35.0 Å². The zero-order chi connectivity index (χ0) is 20.2. The monoisotopic (exact) mass is 389 g/mol. The number of carbonyl (C=O) groups excluding carboxylic acids is 1. The summed E-state index contributed by atoms with van der Waals surface area (Å²) in [5.74, 6) is 1.69. The predicted molar refractivity (Wildman–Crippen MR) is 108 cm³/mol. The molecule has 7 nitrogen and oxygen atoms in total. The van der Waals surface area contributed by atoms with Crippen molar-refractivity contribution in [2.75, 3.05) is 14.2 Å². The normalized spacial score (nSPS) is 10.7. The topological polar surface area (TPSA) is 86.5 Å². The van der Waals surface area contributed by atoms with Crippen LogP contribution in [0.3, 0.4) is 0 Å². The Hall–Kier alpha value is -3.87. The van der Waals surface area contributed by atoms with Gasteiger partial charge < -0.3 is 19.3 Å². The molecule has 0 aliphatic carbocycles. The highest BCUT2D eigenvalue weighted by molar-refractivity contribution is 6.06. The number of hydrogen-bond donors (Lipinski definition) is 1. The lowest BCUT2D eigenvalue weighted by molar-refractivity contribution is 0.0948. The molecule has 0 fully saturated rings. The van der Waals surface area contributed by atoms with Gasteiger partial charge >= 0.3 is 0 Å². The van der Waals surface area contributed by atoms with Crippen LogP contribution in [0.1, 0.15) is 16.2 Å². The van der Waals surface area contributed by atoms with Gasteiger partial charge in [-0.15, -0.1) is 0 Å². The fourth-order valence-electron chi connectivity index (χ4n) is 3.09. The van der Waals surface area contributed by atoms with Gasteiger partial charge in [0.1, 0.15) is 0 Å². The molecular weight excluding hydrogens is 370 g/mol. The number of nitrogens with one attached hydrogen (secondary N) is 1. The van der Waals surface area contributed by atoms with E-state index >= 15 is 0 Å². The van der Waals surface area contributed by atoms with Gasteiger partial charge in [-0.3, -0.25) is 4.79 Å². The molecule has 7 heteroatoms. The molecule has 146 valence electrons. The fraction of sp³-hybridized carbons (Fsp3) is 0.136. The molecule has 29 heavy (non-hydrogen) atoms. The van der Waals surface area contributed by atoms with Crippen LogP contribution >= 0.6 is 0 Å².